The Bertz CT molecular complexity index is 831. The van der Waals surface area contributed by atoms with E-state index in [2.05, 4.69) is 20.3 Å². The maximum atomic E-state index is 12.2. The second kappa shape index (κ2) is 4.79. The van der Waals surface area contributed by atoms with Gasteiger partial charge in [0.1, 0.15) is 11.3 Å². The highest BCUT2D eigenvalue weighted by molar-refractivity contribution is 5.90. The van der Waals surface area contributed by atoms with Gasteiger partial charge in [-0.25, -0.2) is 9.78 Å². The van der Waals surface area contributed by atoms with Crippen LogP contribution in [0.5, 0.6) is 0 Å². The third-order valence-corrected chi connectivity index (χ3v) is 2.64. The molecule has 22 heavy (non-hydrogen) atoms. The minimum atomic E-state index is -0.696. The number of nitrogens with two attached hydrogens (primary N) is 1. The van der Waals surface area contributed by atoms with Crippen molar-refractivity contribution in [1.82, 2.24) is 25.0 Å². The highest BCUT2D eigenvalue weighted by atomic mass is 16.6. The minimum Gasteiger partial charge on any atom is -0.463 e. The van der Waals surface area contributed by atoms with Gasteiger partial charge in [-0.05, 0) is 32.9 Å². The molecule has 0 saturated carbocycles. The summed E-state index contributed by atoms with van der Waals surface area (Å²) in [5.41, 5.74) is 5.86. The lowest BCUT2D eigenvalue weighted by Gasteiger charge is -2.18. The van der Waals surface area contributed by atoms with E-state index >= 15 is 0 Å². The Hall–Kier alpha value is -2.97. The lowest BCUT2D eigenvalue weighted by Crippen LogP contribution is -2.28. The first kappa shape index (κ1) is 14.0. The van der Waals surface area contributed by atoms with E-state index in [-0.39, 0.29) is 11.6 Å². The number of hydrogen-bond donors (Lipinski definition) is 1. The SMILES string of the molecule is CC(C)(C)OC(=O)n1nnc2c(-c3ccco3)nc(N)nc21. The van der Waals surface area contributed by atoms with Crippen LogP contribution >= 0.6 is 0 Å². The summed E-state index contributed by atoms with van der Waals surface area (Å²) < 4.78 is 11.5. The van der Waals surface area contributed by atoms with Gasteiger partial charge in [0.2, 0.25) is 5.95 Å². The predicted octanol–water partition coefficient (Wildman–Crippen LogP) is 1.85. The van der Waals surface area contributed by atoms with Crippen molar-refractivity contribution in [3.05, 3.63) is 18.4 Å². The Morgan fingerprint density at radius 2 is 2.14 bits per heavy atom. The van der Waals surface area contributed by atoms with E-state index < -0.39 is 11.7 Å². The summed E-state index contributed by atoms with van der Waals surface area (Å²) in [5.74, 6) is 0.432. The molecule has 0 aliphatic rings. The average Bonchev–Trinajstić information content (AvgIpc) is 3.04. The molecule has 0 amide bonds. The van der Waals surface area contributed by atoms with Crippen molar-refractivity contribution in [3.8, 4) is 11.5 Å². The quantitative estimate of drug-likeness (QED) is 0.722. The fourth-order valence-corrected chi connectivity index (χ4v) is 1.84. The van der Waals surface area contributed by atoms with Crippen molar-refractivity contribution >= 4 is 23.2 Å². The van der Waals surface area contributed by atoms with E-state index in [1.54, 1.807) is 32.9 Å². The molecule has 0 aliphatic carbocycles. The summed E-state index contributed by atoms with van der Waals surface area (Å²) >= 11 is 0. The maximum absolute atomic E-state index is 12.2. The van der Waals surface area contributed by atoms with Crippen LogP contribution < -0.4 is 5.73 Å². The molecular weight excluding hydrogens is 288 g/mol. The van der Waals surface area contributed by atoms with E-state index in [1.165, 1.54) is 6.26 Å². The first-order valence-electron chi connectivity index (χ1n) is 6.51. The second-order valence-electron chi connectivity index (χ2n) is 5.56. The molecule has 0 spiro atoms. The summed E-state index contributed by atoms with van der Waals surface area (Å²) in [6.07, 6.45) is 0.802. The molecule has 0 radical (unpaired) electrons. The van der Waals surface area contributed by atoms with Crippen molar-refractivity contribution in [2.24, 2.45) is 0 Å². The number of aromatic nitrogens is 5. The van der Waals surface area contributed by atoms with Gasteiger partial charge >= 0.3 is 6.09 Å². The van der Waals surface area contributed by atoms with Crippen LogP contribution in [0.15, 0.2) is 22.8 Å². The van der Waals surface area contributed by atoms with Gasteiger partial charge in [-0.1, -0.05) is 5.21 Å². The molecule has 0 atom stereocenters. The standard InChI is InChI=1S/C13H14N6O3/c1-13(2,3)22-12(20)19-10-9(17-18-19)8(15-11(14)16-10)7-5-4-6-21-7/h4-6H,1-3H3,(H2,14,15,16). The third kappa shape index (κ3) is 2.48. The Morgan fingerprint density at radius 3 is 2.77 bits per heavy atom. The van der Waals surface area contributed by atoms with Crippen LogP contribution in [-0.4, -0.2) is 36.7 Å². The summed E-state index contributed by atoms with van der Waals surface area (Å²) in [4.78, 5) is 20.3. The van der Waals surface area contributed by atoms with Crippen molar-refractivity contribution in [1.29, 1.82) is 0 Å². The number of carbonyl (C=O) groups is 1. The average molecular weight is 302 g/mol. The molecular formula is C13H14N6O3. The predicted molar refractivity (Wildman–Crippen MR) is 76.9 cm³/mol. The maximum Gasteiger partial charge on any atom is 0.438 e. The molecule has 0 fully saturated rings. The van der Waals surface area contributed by atoms with Gasteiger partial charge < -0.3 is 14.9 Å². The number of nitrogen functional groups attached to an aromatic ring is 1. The van der Waals surface area contributed by atoms with E-state index in [0.717, 1.165) is 4.68 Å². The molecule has 3 heterocycles. The normalized spacial score (nSPS) is 11.8. The first-order valence-corrected chi connectivity index (χ1v) is 6.51. The monoisotopic (exact) mass is 302 g/mol. The highest BCUT2D eigenvalue weighted by Crippen LogP contribution is 2.25. The number of nitrogens with zero attached hydrogens (tertiary/aromatic N) is 5. The number of hydrogen-bond acceptors (Lipinski definition) is 8. The van der Waals surface area contributed by atoms with Crippen LogP contribution in [0.4, 0.5) is 10.7 Å². The topological polar surface area (TPSA) is 122 Å². The summed E-state index contributed by atoms with van der Waals surface area (Å²) in [5, 5.41) is 7.72. The van der Waals surface area contributed by atoms with E-state index in [4.69, 9.17) is 14.9 Å². The molecule has 0 aliphatic heterocycles. The zero-order valence-corrected chi connectivity index (χ0v) is 12.3. The van der Waals surface area contributed by atoms with Crippen LogP contribution in [0.2, 0.25) is 0 Å². The fraction of sp³-hybridized carbons (Fsp3) is 0.308. The number of rotatable bonds is 1. The number of furan rings is 1. The minimum absolute atomic E-state index is 0.0222. The van der Waals surface area contributed by atoms with E-state index in [1.807, 2.05) is 0 Å². The van der Waals surface area contributed by atoms with Gasteiger partial charge in [-0.2, -0.15) is 4.98 Å². The number of carbonyl (C=O) groups excluding carboxylic acids is 1. The van der Waals surface area contributed by atoms with Gasteiger partial charge in [0, 0.05) is 0 Å². The number of anilines is 1. The van der Waals surface area contributed by atoms with Crippen molar-refractivity contribution < 1.29 is 13.9 Å². The molecule has 0 aromatic carbocycles. The first-order chi connectivity index (χ1) is 10.3. The molecule has 2 N–H and O–H groups in total. The Labute approximate surface area is 125 Å². The Morgan fingerprint density at radius 1 is 1.36 bits per heavy atom. The highest BCUT2D eigenvalue weighted by Gasteiger charge is 2.24. The van der Waals surface area contributed by atoms with Gasteiger partial charge in [0.15, 0.2) is 16.9 Å². The molecule has 3 aromatic heterocycles. The Kier molecular flexibility index (Phi) is 3.05. The van der Waals surface area contributed by atoms with E-state index in [9.17, 15) is 4.79 Å². The summed E-state index contributed by atoms with van der Waals surface area (Å²) in [6, 6.07) is 3.41. The van der Waals surface area contributed by atoms with Crippen LogP contribution in [0.3, 0.4) is 0 Å². The van der Waals surface area contributed by atoms with Crippen molar-refractivity contribution in [2.45, 2.75) is 26.4 Å². The molecule has 9 heteroatoms. The van der Waals surface area contributed by atoms with Gasteiger partial charge in [-0.15, -0.1) is 9.78 Å². The molecule has 3 rings (SSSR count). The van der Waals surface area contributed by atoms with Gasteiger partial charge in [0.05, 0.1) is 6.26 Å². The van der Waals surface area contributed by atoms with Gasteiger partial charge in [0.25, 0.3) is 0 Å². The second-order valence-corrected chi connectivity index (χ2v) is 5.56. The third-order valence-electron chi connectivity index (χ3n) is 2.64. The lowest BCUT2D eigenvalue weighted by molar-refractivity contribution is 0.0518. The molecule has 0 unspecified atom stereocenters. The summed E-state index contributed by atoms with van der Waals surface area (Å²) in [7, 11) is 0. The largest absolute Gasteiger partial charge is 0.463 e. The van der Waals surface area contributed by atoms with Crippen LogP contribution in [0.25, 0.3) is 22.6 Å². The van der Waals surface area contributed by atoms with Crippen LogP contribution in [0.1, 0.15) is 20.8 Å². The number of ether oxygens (including phenoxy) is 1. The lowest BCUT2D eigenvalue weighted by atomic mass is 10.2. The molecule has 0 bridgehead atoms. The van der Waals surface area contributed by atoms with E-state index in [0.29, 0.717) is 17.0 Å². The van der Waals surface area contributed by atoms with Crippen LogP contribution in [0, 0.1) is 0 Å². The van der Waals surface area contributed by atoms with Gasteiger partial charge in [-0.3, -0.25) is 0 Å². The van der Waals surface area contributed by atoms with Crippen molar-refractivity contribution in [2.75, 3.05) is 5.73 Å². The zero-order chi connectivity index (χ0) is 15.9. The van der Waals surface area contributed by atoms with Crippen LogP contribution in [-0.2, 0) is 4.74 Å². The molecule has 114 valence electrons. The smallest absolute Gasteiger partial charge is 0.438 e. The Balaban J connectivity index is 2.14. The molecule has 9 nitrogen and oxygen atoms in total. The summed E-state index contributed by atoms with van der Waals surface area (Å²) in [6.45, 7) is 5.25. The fourth-order valence-electron chi connectivity index (χ4n) is 1.84. The number of fused-ring (bicyclic) bond motifs is 1. The van der Waals surface area contributed by atoms with Crippen molar-refractivity contribution in [3.63, 3.8) is 0 Å². The molecule has 3 aromatic rings. The molecule has 0 saturated heterocycles. The zero-order valence-electron chi connectivity index (χ0n) is 12.3.